The van der Waals surface area contributed by atoms with Crippen molar-refractivity contribution in [2.24, 2.45) is 5.92 Å². The Morgan fingerprint density at radius 1 is 1.33 bits per heavy atom. The van der Waals surface area contributed by atoms with E-state index in [1.807, 2.05) is 24.3 Å². The third-order valence-corrected chi connectivity index (χ3v) is 3.67. The molecule has 1 aliphatic rings. The smallest absolute Gasteiger partial charge is 0.307 e. The van der Waals surface area contributed by atoms with Gasteiger partial charge in [0.2, 0.25) is 0 Å². The third kappa shape index (κ3) is 2.82. The minimum Gasteiger partial charge on any atom is -0.466 e. The quantitative estimate of drug-likeness (QED) is 0.605. The number of carbonyl (C=O) groups is 2. The highest BCUT2D eigenvalue weighted by molar-refractivity contribution is 6.08. The molecule has 5 heteroatoms. The predicted octanol–water partition coefficient (Wildman–Crippen LogP) is 2.58. The lowest BCUT2D eigenvalue weighted by Crippen LogP contribution is -2.11. The van der Waals surface area contributed by atoms with Crippen molar-refractivity contribution in [1.82, 2.24) is 9.78 Å². The second-order valence-electron chi connectivity index (χ2n) is 5.28. The summed E-state index contributed by atoms with van der Waals surface area (Å²) in [6, 6.07) is 7.66. The molecule has 1 aromatic heterocycles. The first-order valence-electron chi connectivity index (χ1n) is 7.36. The molecule has 1 aromatic carbocycles. The lowest BCUT2D eigenvalue weighted by molar-refractivity contribution is -0.143. The van der Waals surface area contributed by atoms with Gasteiger partial charge in [0, 0.05) is 11.3 Å². The number of ether oxygens (including phenoxy) is 1. The van der Waals surface area contributed by atoms with Gasteiger partial charge in [-0.3, -0.25) is 14.3 Å². The summed E-state index contributed by atoms with van der Waals surface area (Å²) >= 11 is 0. The maximum absolute atomic E-state index is 12.3. The Morgan fingerprint density at radius 2 is 2.10 bits per heavy atom. The molecule has 0 atom stereocenters. The third-order valence-electron chi connectivity index (χ3n) is 3.67. The van der Waals surface area contributed by atoms with Crippen LogP contribution >= 0.6 is 0 Å². The first-order chi connectivity index (χ1) is 10.2. The van der Waals surface area contributed by atoms with Crippen molar-refractivity contribution < 1.29 is 14.3 Å². The summed E-state index contributed by atoms with van der Waals surface area (Å²) in [6.45, 7) is 2.59. The van der Waals surface area contributed by atoms with Crippen molar-refractivity contribution in [3.8, 4) is 0 Å². The Kier molecular flexibility index (Phi) is 3.73. The number of esters is 1. The molecule has 0 N–H and O–H groups in total. The number of rotatable bonds is 6. The van der Waals surface area contributed by atoms with Gasteiger partial charge in [0.25, 0.3) is 0 Å². The molecule has 0 bridgehead atoms. The normalized spacial score (nSPS) is 14.3. The molecular formula is C16H18N2O3. The van der Waals surface area contributed by atoms with E-state index in [0.29, 0.717) is 18.8 Å². The van der Waals surface area contributed by atoms with E-state index < -0.39 is 0 Å². The molecule has 1 saturated carbocycles. The Hall–Kier alpha value is -2.17. The number of benzene rings is 1. The summed E-state index contributed by atoms with van der Waals surface area (Å²) in [5, 5.41) is 5.32. The number of nitrogens with zero attached hydrogens (tertiary/aromatic N) is 2. The number of Topliss-reactive ketones (excluding diaryl/α,β-unsaturated/α-hetero) is 1. The molecule has 0 aliphatic heterocycles. The molecule has 1 heterocycles. The average molecular weight is 286 g/mol. The van der Waals surface area contributed by atoms with Gasteiger partial charge in [-0.25, -0.2) is 0 Å². The van der Waals surface area contributed by atoms with Crippen LogP contribution in [0.3, 0.4) is 0 Å². The van der Waals surface area contributed by atoms with E-state index in [9.17, 15) is 9.59 Å². The van der Waals surface area contributed by atoms with Crippen LogP contribution in [0.25, 0.3) is 10.9 Å². The summed E-state index contributed by atoms with van der Waals surface area (Å²) < 4.78 is 6.67. The summed E-state index contributed by atoms with van der Waals surface area (Å²) in [5.41, 5.74) is 1.43. The first kappa shape index (κ1) is 13.8. The van der Waals surface area contributed by atoms with Gasteiger partial charge in [0.05, 0.1) is 25.1 Å². The largest absolute Gasteiger partial charge is 0.466 e. The first-order valence-corrected chi connectivity index (χ1v) is 7.36. The highest BCUT2D eigenvalue weighted by atomic mass is 16.5. The zero-order valence-corrected chi connectivity index (χ0v) is 12.0. The molecule has 0 saturated heterocycles. The van der Waals surface area contributed by atoms with Gasteiger partial charge in [0.1, 0.15) is 5.69 Å². The topological polar surface area (TPSA) is 61.2 Å². The van der Waals surface area contributed by atoms with Crippen LogP contribution < -0.4 is 0 Å². The molecule has 110 valence electrons. The summed E-state index contributed by atoms with van der Waals surface area (Å²) in [6.07, 6.45) is 2.18. The maximum Gasteiger partial charge on any atom is 0.307 e. The lowest BCUT2D eigenvalue weighted by atomic mass is 10.1. The number of fused-ring (bicyclic) bond motifs is 1. The van der Waals surface area contributed by atoms with E-state index in [4.69, 9.17) is 4.74 Å². The number of para-hydroxylation sites is 1. The molecule has 1 aliphatic carbocycles. The molecular weight excluding hydrogens is 268 g/mol. The van der Waals surface area contributed by atoms with Crippen LogP contribution in [-0.4, -0.2) is 28.1 Å². The summed E-state index contributed by atoms with van der Waals surface area (Å²) in [5.74, 6) is 0.0232. The fraction of sp³-hybridized carbons (Fsp3) is 0.438. The Balaban J connectivity index is 1.88. The maximum atomic E-state index is 12.3. The highest BCUT2D eigenvalue weighted by Gasteiger charge is 2.33. The van der Waals surface area contributed by atoms with Crippen molar-refractivity contribution in [3.05, 3.63) is 30.0 Å². The van der Waals surface area contributed by atoms with Gasteiger partial charge in [-0.1, -0.05) is 18.2 Å². The van der Waals surface area contributed by atoms with E-state index in [1.165, 1.54) is 0 Å². The minimum absolute atomic E-state index is 0.126. The van der Waals surface area contributed by atoms with Crippen molar-refractivity contribution in [1.29, 1.82) is 0 Å². The van der Waals surface area contributed by atoms with Gasteiger partial charge in [-0.05, 0) is 25.8 Å². The zero-order valence-electron chi connectivity index (χ0n) is 12.0. The van der Waals surface area contributed by atoms with Crippen molar-refractivity contribution in [2.45, 2.75) is 32.7 Å². The number of ketones is 1. The van der Waals surface area contributed by atoms with Crippen molar-refractivity contribution in [3.63, 3.8) is 0 Å². The highest BCUT2D eigenvalue weighted by Crippen LogP contribution is 2.34. The molecule has 5 nitrogen and oxygen atoms in total. The number of aromatic nitrogens is 2. The minimum atomic E-state index is -0.243. The Morgan fingerprint density at radius 3 is 2.81 bits per heavy atom. The van der Waals surface area contributed by atoms with Crippen LogP contribution in [0.1, 0.15) is 36.7 Å². The van der Waals surface area contributed by atoms with Gasteiger partial charge in [-0.2, -0.15) is 5.10 Å². The average Bonchev–Trinajstić information content (AvgIpc) is 3.27. The second kappa shape index (κ2) is 5.68. The van der Waals surface area contributed by atoms with E-state index in [2.05, 4.69) is 5.10 Å². The van der Waals surface area contributed by atoms with E-state index in [0.717, 1.165) is 23.7 Å². The second-order valence-corrected chi connectivity index (χ2v) is 5.28. The molecule has 1 fully saturated rings. The molecule has 0 spiro atoms. The summed E-state index contributed by atoms with van der Waals surface area (Å²) in [4.78, 5) is 23.8. The van der Waals surface area contributed by atoms with E-state index in [1.54, 1.807) is 11.6 Å². The fourth-order valence-electron chi connectivity index (χ4n) is 2.45. The van der Waals surface area contributed by atoms with E-state index >= 15 is 0 Å². The van der Waals surface area contributed by atoms with Crippen LogP contribution in [0.5, 0.6) is 0 Å². The molecule has 0 radical (unpaired) electrons. The molecule has 0 amide bonds. The number of hydrogen-bond donors (Lipinski definition) is 0. The molecule has 2 aromatic rings. The SMILES string of the molecule is CCOC(=O)CCn1nc(C(=O)C2CC2)c2ccccc21. The van der Waals surface area contributed by atoms with Crippen LogP contribution in [0.2, 0.25) is 0 Å². The van der Waals surface area contributed by atoms with Crippen molar-refractivity contribution in [2.75, 3.05) is 6.61 Å². The monoisotopic (exact) mass is 286 g/mol. The standard InChI is InChI=1S/C16H18N2O3/c1-2-21-14(19)9-10-18-13-6-4-3-5-12(13)15(17-18)16(20)11-7-8-11/h3-6,11H,2,7-10H2,1H3. The van der Waals surface area contributed by atoms with Crippen LogP contribution in [0.15, 0.2) is 24.3 Å². The number of carbonyl (C=O) groups excluding carboxylic acids is 2. The van der Waals surface area contributed by atoms with E-state index in [-0.39, 0.29) is 24.1 Å². The number of hydrogen-bond acceptors (Lipinski definition) is 4. The van der Waals surface area contributed by atoms with Gasteiger partial charge in [-0.15, -0.1) is 0 Å². The predicted molar refractivity (Wildman–Crippen MR) is 78.0 cm³/mol. The van der Waals surface area contributed by atoms with Gasteiger partial charge in [0.15, 0.2) is 5.78 Å². The van der Waals surface area contributed by atoms with Gasteiger partial charge >= 0.3 is 5.97 Å². The molecule has 3 rings (SSSR count). The lowest BCUT2D eigenvalue weighted by Gasteiger charge is -2.03. The van der Waals surface area contributed by atoms with Gasteiger partial charge < -0.3 is 4.74 Å². The van der Waals surface area contributed by atoms with Crippen LogP contribution in [0.4, 0.5) is 0 Å². The summed E-state index contributed by atoms with van der Waals surface area (Å²) in [7, 11) is 0. The molecule has 0 unspecified atom stereocenters. The Bertz CT molecular complexity index is 686. The zero-order chi connectivity index (χ0) is 14.8. The fourth-order valence-corrected chi connectivity index (χ4v) is 2.45. The molecule has 21 heavy (non-hydrogen) atoms. The van der Waals surface area contributed by atoms with Crippen LogP contribution in [-0.2, 0) is 16.1 Å². The van der Waals surface area contributed by atoms with Crippen LogP contribution in [0, 0.1) is 5.92 Å². The van der Waals surface area contributed by atoms with Crippen molar-refractivity contribution >= 4 is 22.7 Å². The Labute approximate surface area is 122 Å². The number of aryl methyl sites for hydroxylation is 1.